The highest BCUT2D eigenvalue weighted by atomic mass is 35.5. The van der Waals surface area contributed by atoms with Gasteiger partial charge < -0.3 is 21.1 Å². The van der Waals surface area contributed by atoms with Crippen LogP contribution in [0.2, 0.25) is 5.02 Å². The fourth-order valence-electron chi connectivity index (χ4n) is 3.66. The Balaban J connectivity index is 1.54. The van der Waals surface area contributed by atoms with E-state index in [2.05, 4.69) is 5.32 Å². The summed E-state index contributed by atoms with van der Waals surface area (Å²) in [4.78, 5) is 27.0. The van der Waals surface area contributed by atoms with Crippen molar-refractivity contribution >= 4 is 23.4 Å². The molecule has 0 bridgehead atoms. The molecule has 29 heavy (non-hydrogen) atoms. The Bertz CT molecular complexity index is 860. The first-order valence-corrected chi connectivity index (χ1v) is 10.2. The van der Waals surface area contributed by atoms with Gasteiger partial charge in [0.05, 0.1) is 0 Å². The van der Waals surface area contributed by atoms with Crippen molar-refractivity contribution in [2.75, 3.05) is 6.54 Å². The number of aromatic hydroxyl groups is 1. The summed E-state index contributed by atoms with van der Waals surface area (Å²) in [5, 5.41) is 13.2. The Kier molecular flexibility index (Phi) is 7.12. The molecule has 2 aromatic carbocycles. The minimum atomic E-state index is -0.507. The van der Waals surface area contributed by atoms with Crippen LogP contribution in [0.1, 0.15) is 30.4 Å². The van der Waals surface area contributed by atoms with E-state index in [1.54, 1.807) is 17.0 Å². The number of phenolic OH excluding ortho intramolecular Hbond substituents is 1. The number of hydrogen-bond donors (Lipinski definition) is 3. The van der Waals surface area contributed by atoms with Crippen molar-refractivity contribution in [3.63, 3.8) is 0 Å². The minimum Gasteiger partial charge on any atom is -0.508 e. The molecule has 1 aliphatic rings. The summed E-state index contributed by atoms with van der Waals surface area (Å²) in [6.45, 7) is 0.703. The number of amides is 2. The molecule has 2 atom stereocenters. The van der Waals surface area contributed by atoms with E-state index in [-0.39, 0.29) is 36.6 Å². The number of nitrogens with two attached hydrogens (primary N) is 1. The molecule has 3 rings (SSSR count). The van der Waals surface area contributed by atoms with Gasteiger partial charge in [-0.1, -0.05) is 41.9 Å². The smallest absolute Gasteiger partial charge is 0.243 e. The maximum Gasteiger partial charge on any atom is 0.243 e. The highest BCUT2D eigenvalue weighted by molar-refractivity contribution is 6.30. The number of carbonyl (C=O) groups excluding carboxylic acids is 2. The van der Waals surface area contributed by atoms with Crippen molar-refractivity contribution in [2.24, 2.45) is 5.73 Å². The molecule has 0 spiro atoms. The number of benzene rings is 2. The van der Waals surface area contributed by atoms with Gasteiger partial charge in [-0.25, -0.2) is 0 Å². The second kappa shape index (κ2) is 9.76. The van der Waals surface area contributed by atoms with Crippen LogP contribution in [0.5, 0.6) is 5.75 Å². The van der Waals surface area contributed by atoms with E-state index in [1.807, 2.05) is 30.3 Å². The summed E-state index contributed by atoms with van der Waals surface area (Å²) in [5.41, 5.74) is 7.79. The quantitative estimate of drug-likeness (QED) is 0.647. The highest BCUT2D eigenvalue weighted by Crippen LogP contribution is 2.22. The molecule has 1 aliphatic heterocycles. The molecule has 0 aliphatic carbocycles. The molecule has 6 nitrogen and oxygen atoms in total. The number of hydrogen-bond acceptors (Lipinski definition) is 4. The number of carbonyl (C=O) groups is 2. The second-order valence-corrected chi connectivity index (χ2v) is 7.83. The normalized spacial score (nSPS) is 17.2. The van der Waals surface area contributed by atoms with Gasteiger partial charge in [0.15, 0.2) is 0 Å². The Morgan fingerprint density at radius 2 is 2.00 bits per heavy atom. The van der Waals surface area contributed by atoms with E-state index in [0.29, 0.717) is 30.0 Å². The number of nitrogens with zero attached hydrogens (tertiary/aromatic N) is 1. The fourth-order valence-corrected chi connectivity index (χ4v) is 3.86. The SMILES string of the molecule is N[C@@H](CC(=O)N1CCC[C@H]1C(=O)NCc1cc(Cl)ccc1O)Cc1ccccc1. The number of halogens is 1. The van der Waals surface area contributed by atoms with E-state index in [0.717, 1.165) is 12.0 Å². The third-order valence-electron chi connectivity index (χ3n) is 5.15. The van der Waals surface area contributed by atoms with Crippen LogP contribution < -0.4 is 11.1 Å². The van der Waals surface area contributed by atoms with Crippen LogP contribution in [0.25, 0.3) is 0 Å². The summed E-state index contributed by atoms with van der Waals surface area (Å²) >= 11 is 5.94. The predicted molar refractivity (Wildman–Crippen MR) is 112 cm³/mol. The molecule has 1 fully saturated rings. The molecule has 0 aromatic heterocycles. The van der Waals surface area contributed by atoms with Gasteiger partial charge in [-0.2, -0.15) is 0 Å². The van der Waals surface area contributed by atoms with Crippen LogP contribution in [-0.2, 0) is 22.6 Å². The molecule has 1 saturated heterocycles. The number of nitrogens with one attached hydrogen (secondary N) is 1. The Morgan fingerprint density at radius 1 is 1.24 bits per heavy atom. The number of rotatable bonds is 7. The summed E-state index contributed by atoms with van der Waals surface area (Å²) in [5.74, 6) is -0.260. The van der Waals surface area contributed by atoms with E-state index in [9.17, 15) is 14.7 Å². The summed E-state index contributed by atoms with van der Waals surface area (Å²) < 4.78 is 0. The molecule has 154 valence electrons. The molecule has 0 radical (unpaired) electrons. The molecule has 2 aromatic rings. The largest absolute Gasteiger partial charge is 0.508 e. The lowest BCUT2D eigenvalue weighted by Gasteiger charge is -2.25. The zero-order valence-corrected chi connectivity index (χ0v) is 16.9. The van der Waals surface area contributed by atoms with Crippen molar-refractivity contribution in [3.8, 4) is 5.75 Å². The zero-order valence-electron chi connectivity index (χ0n) is 16.2. The zero-order chi connectivity index (χ0) is 20.8. The van der Waals surface area contributed by atoms with Crippen molar-refractivity contribution in [1.82, 2.24) is 10.2 Å². The third-order valence-corrected chi connectivity index (χ3v) is 5.38. The van der Waals surface area contributed by atoms with Crippen molar-refractivity contribution in [1.29, 1.82) is 0 Å². The van der Waals surface area contributed by atoms with Crippen molar-refractivity contribution in [3.05, 3.63) is 64.7 Å². The Labute approximate surface area is 175 Å². The molecule has 0 saturated carbocycles. The predicted octanol–water partition coefficient (Wildman–Crippen LogP) is 2.61. The van der Waals surface area contributed by atoms with Gasteiger partial charge in [0.1, 0.15) is 11.8 Å². The number of phenols is 1. The lowest BCUT2D eigenvalue weighted by atomic mass is 10.0. The van der Waals surface area contributed by atoms with Gasteiger partial charge in [0.25, 0.3) is 0 Å². The van der Waals surface area contributed by atoms with E-state index >= 15 is 0 Å². The van der Waals surface area contributed by atoms with E-state index in [1.165, 1.54) is 6.07 Å². The fraction of sp³-hybridized carbons (Fsp3) is 0.364. The summed E-state index contributed by atoms with van der Waals surface area (Å²) in [6.07, 6.45) is 2.21. The van der Waals surface area contributed by atoms with Crippen LogP contribution in [0.3, 0.4) is 0 Å². The first kappa shape index (κ1) is 21.1. The molecule has 4 N–H and O–H groups in total. The maximum absolute atomic E-state index is 12.7. The van der Waals surface area contributed by atoms with Gasteiger partial charge in [0.2, 0.25) is 11.8 Å². The summed E-state index contributed by atoms with van der Waals surface area (Å²) in [7, 11) is 0. The lowest BCUT2D eigenvalue weighted by molar-refractivity contribution is -0.138. The van der Waals surface area contributed by atoms with Gasteiger partial charge in [-0.15, -0.1) is 0 Å². The lowest BCUT2D eigenvalue weighted by Crippen LogP contribution is -2.47. The summed E-state index contributed by atoms with van der Waals surface area (Å²) in [6, 6.07) is 13.7. The molecular formula is C22H26ClN3O3. The Morgan fingerprint density at radius 3 is 2.76 bits per heavy atom. The van der Waals surface area contributed by atoms with Gasteiger partial charge in [-0.05, 0) is 43.0 Å². The Hall–Kier alpha value is -2.57. The van der Waals surface area contributed by atoms with Crippen LogP contribution in [0.4, 0.5) is 0 Å². The first-order valence-electron chi connectivity index (χ1n) is 9.78. The van der Waals surface area contributed by atoms with Gasteiger partial charge in [0, 0.05) is 36.1 Å². The highest BCUT2D eigenvalue weighted by Gasteiger charge is 2.34. The standard InChI is InChI=1S/C22H26ClN3O3/c23-17-8-9-20(27)16(12-17)14-25-22(29)19-7-4-10-26(19)21(28)13-18(24)11-15-5-2-1-3-6-15/h1-3,5-6,8-9,12,18-19,27H,4,7,10-11,13-14,24H2,(H,25,29)/t18-,19+/m1/s1. The van der Waals surface area contributed by atoms with E-state index in [4.69, 9.17) is 17.3 Å². The average Bonchev–Trinajstić information content (AvgIpc) is 3.19. The molecular weight excluding hydrogens is 390 g/mol. The first-order chi connectivity index (χ1) is 13.9. The monoisotopic (exact) mass is 415 g/mol. The average molecular weight is 416 g/mol. The van der Waals surface area contributed by atoms with Gasteiger partial charge >= 0.3 is 0 Å². The van der Waals surface area contributed by atoms with Crippen LogP contribution in [0, 0.1) is 0 Å². The molecule has 2 amide bonds. The van der Waals surface area contributed by atoms with E-state index < -0.39 is 6.04 Å². The minimum absolute atomic E-state index is 0.0703. The van der Waals surface area contributed by atoms with Crippen molar-refractivity contribution in [2.45, 2.75) is 44.3 Å². The van der Waals surface area contributed by atoms with Gasteiger partial charge in [-0.3, -0.25) is 9.59 Å². The van der Waals surface area contributed by atoms with Crippen LogP contribution in [-0.4, -0.2) is 40.4 Å². The van der Waals surface area contributed by atoms with Crippen LogP contribution >= 0.6 is 11.6 Å². The van der Waals surface area contributed by atoms with Crippen LogP contribution in [0.15, 0.2) is 48.5 Å². The topological polar surface area (TPSA) is 95.7 Å². The molecule has 0 unspecified atom stereocenters. The second-order valence-electron chi connectivity index (χ2n) is 7.39. The van der Waals surface area contributed by atoms with Crippen molar-refractivity contribution < 1.29 is 14.7 Å². The third kappa shape index (κ3) is 5.71. The molecule has 1 heterocycles. The number of likely N-dealkylation sites (tertiary alicyclic amines) is 1. The molecule has 7 heteroatoms. The maximum atomic E-state index is 12.7.